The number of ketones is 1. The highest BCUT2D eigenvalue weighted by atomic mass is 79.9. The lowest BCUT2D eigenvalue weighted by Gasteiger charge is -2.31. The first kappa shape index (κ1) is 17.3. The standard InChI is InChI=1S/C19H17BrN2O3/c1-2-8-24-15-7-6-11(20)9-12(15)17-13(10-21)19(22)25-16-5-3-4-14(23)18(16)17/h2,6-7,9,17H,1,3-5,8,22H2/t17-/m1/s1. The predicted molar refractivity (Wildman–Crippen MR) is 96.4 cm³/mol. The monoisotopic (exact) mass is 400 g/mol. The van der Waals surface area contributed by atoms with Gasteiger partial charge in [-0.2, -0.15) is 5.26 Å². The topological polar surface area (TPSA) is 85.3 Å². The van der Waals surface area contributed by atoms with Gasteiger partial charge in [-0.3, -0.25) is 4.79 Å². The molecular weight excluding hydrogens is 384 g/mol. The Morgan fingerprint density at radius 1 is 1.48 bits per heavy atom. The van der Waals surface area contributed by atoms with Crippen LogP contribution in [0.2, 0.25) is 0 Å². The van der Waals surface area contributed by atoms with Crippen LogP contribution in [-0.2, 0) is 9.53 Å². The molecule has 1 heterocycles. The summed E-state index contributed by atoms with van der Waals surface area (Å²) in [6.45, 7) is 3.98. The molecule has 0 bridgehead atoms. The summed E-state index contributed by atoms with van der Waals surface area (Å²) in [5.74, 6) is 0.601. The van der Waals surface area contributed by atoms with Crippen LogP contribution in [0, 0.1) is 11.3 Å². The molecule has 0 amide bonds. The minimum Gasteiger partial charge on any atom is -0.489 e. The molecule has 2 aliphatic rings. The number of nitrogens with zero attached hydrogens (tertiary/aromatic N) is 1. The lowest BCUT2D eigenvalue weighted by Crippen LogP contribution is -2.27. The van der Waals surface area contributed by atoms with Gasteiger partial charge in [0.2, 0.25) is 5.88 Å². The second-order valence-corrected chi connectivity index (χ2v) is 6.74. The number of nitriles is 1. The van der Waals surface area contributed by atoms with E-state index in [1.54, 1.807) is 12.1 Å². The Hall–Kier alpha value is -2.52. The van der Waals surface area contributed by atoms with Crippen LogP contribution in [0.25, 0.3) is 0 Å². The number of nitrogens with two attached hydrogens (primary N) is 1. The zero-order chi connectivity index (χ0) is 18.0. The molecule has 0 saturated heterocycles. The zero-order valence-corrected chi connectivity index (χ0v) is 15.1. The molecule has 0 saturated carbocycles. The Bertz CT molecular complexity index is 849. The molecule has 1 aliphatic heterocycles. The van der Waals surface area contributed by atoms with Crippen molar-refractivity contribution in [3.63, 3.8) is 0 Å². The van der Waals surface area contributed by atoms with Crippen LogP contribution in [0.5, 0.6) is 5.75 Å². The molecule has 1 aromatic carbocycles. The molecule has 128 valence electrons. The molecular formula is C19H17BrN2O3. The fourth-order valence-electron chi connectivity index (χ4n) is 3.19. The van der Waals surface area contributed by atoms with E-state index in [9.17, 15) is 10.1 Å². The minimum absolute atomic E-state index is 0.0128. The molecule has 2 N–H and O–H groups in total. The van der Waals surface area contributed by atoms with Gasteiger partial charge in [0, 0.05) is 28.5 Å². The van der Waals surface area contributed by atoms with Gasteiger partial charge in [0.1, 0.15) is 29.8 Å². The molecule has 0 aromatic heterocycles. The number of Topliss-reactive ketones (excluding diaryl/α,β-unsaturated/α-hetero) is 1. The second-order valence-electron chi connectivity index (χ2n) is 5.82. The third kappa shape index (κ3) is 3.20. The average Bonchev–Trinajstić information content (AvgIpc) is 2.59. The van der Waals surface area contributed by atoms with E-state index >= 15 is 0 Å². The Labute approximate surface area is 154 Å². The van der Waals surface area contributed by atoms with Crippen molar-refractivity contribution in [2.24, 2.45) is 5.73 Å². The molecule has 6 heteroatoms. The number of hydrogen-bond donors (Lipinski definition) is 1. The van der Waals surface area contributed by atoms with Gasteiger partial charge in [0.15, 0.2) is 5.78 Å². The Kier molecular flexibility index (Phi) is 4.95. The highest BCUT2D eigenvalue weighted by Crippen LogP contribution is 2.46. The molecule has 5 nitrogen and oxygen atoms in total. The molecule has 25 heavy (non-hydrogen) atoms. The fourth-order valence-corrected chi connectivity index (χ4v) is 3.57. The molecule has 3 rings (SSSR count). The van der Waals surface area contributed by atoms with Gasteiger partial charge in [-0.05, 0) is 24.6 Å². The van der Waals surface area contributed by atoms with Crippen molar-refractivity contribution in [1.82, 2.24) is 0 Å². The highest BCUT2D eigenvalue weighted by molar-refractivity contribution is 9.10. The third-order valence-electron chi connectivity index (χ3n) is 4.24. The van der Waals surface area contributed by atoms with Crippen molar-refractivity contribution in [2.75, 3.05) is 6.61 Å². The highest BCUT2D eigenvalue weighted by Gasteiger charge is 2.39. The summed E-state index contributed by atoms with van der Waals surface area (Å²) in [6, 6.07) is 7.61. The summed E-state index contributed by atoms with van der Waals surface area (Å²) in [5, 5.41) is 9.64. The van der Waals surface area contributed by atoms with Gasteiger partial charge in [0.05, 0.1) is 5.92 Å². The minimum atomic E-state index is -0.584. The lowest BCUT2D eigenvalue weighted by molar-refractivity contribution is -0.116. The van der Waals surface area contributed by atoms with E-state index in [1.165, 1.54) is 0 Å². The van der Waals surface area contributed by atoms with Crippen molar-refractivity contribution < 1.29 is 14.3 Å². The number of benzene rings is 1. The number of carbonyl (C=O) groups is 1. The van der Waals surface area contributed by atoms with Crippen molar-refractivity contribution in [2.45, 2.75) is 25.2 Å². The second kappa shape index (κ2) is 7.16. The number of rotatable bonds is 4. The number of halogens is 1. The number of allylic oxidation sites excluding steroid dienone is 3. The number of hydrogen-bond acceptors (Lipinski definition) is 5. The normalized spacial score (nSPS) is 19.8. The predicted octanol–water partition coefficient (Wildman–Crippen LogP) is 3.83. The van der Waals surface area contributed by atoms with E-state index in [2.05, 4.69) is 28.6 Å². The number of ether oxygens (including phenoxy) is 2. The Morgan fingerprint density at radius 3 is 3.00 bits per heavy atom. The maximum atomic E-state index is 12.6. The van der Waals surface area contributed by atoms with Gasteiger partial charge in [-0.15, -0.1) is 0 Å². The molecule has 0 spiro atoms. The van der Waals surface area contributed by atoms with Crippen LogP contribution in [0.15, 0.2) is 58.1 Å². The van der Waals surface area contributed by atoms with Gasteiger partial charge in [-0.25, -0.2) is 0 Å². The summed E-state index contributed by atoms with van der Waals surface area (Å²) >= 11 is 3.45. The van der Waals surface area contributed by atoms with E-state index < -0.39 is 5.92 Å². The van der Waals surface area contributed by atoms with Crippen LogP contribution >= 0.6 is 15.9 Å². The maximum Gasteiger partial charge on any atom is 0.205 e. The quantitative estimate of drug-likeness (QED) is 0.776. The van der Waals surface area contributed by atoms with Gasteiger partial charge in [0.25, 0.3) is 0 Å². The van der Waals surface area contributed by atoms with Crippen LogP contribution in [0.4, 0.5) is 0 Å². The first-order valence-corrected chi connectivity index (χ1v) is 8.73. The van der Waals surface area contributed by atoms with Crippen LogP contribution < -0.4 is 10.5 Å². The van der Waals surface area contributed by atoms with E-state index in [1.807, 2.05) is 12.1 Å². The third-order valence-corrected chi connectivity index (χ3v) is 4.74. The van der Waals surface area contributed by atoms with Gasteiger partial charge in [-0.1, -0.05) is 28.6 Å². The van der Waals surface area contributed by atoms with Crippen LogP contribution in [0.3, 0.4) is 0 Å². The summed E-state index contributed by atoms with van der Waals surface area (Å²) in [5.41, 5.74) is 7.43. The van der Waals surface area contributed by atoms with E-state index in [4.69, 9.17) is 15.2 Å². The van der Waals surface area contributed by atoms with Crippen LogP contribution in [-0.4, -0.2) is 12.4 Å². The summed E-state index contributed by atoms with van der Waals surface area (Å²) in [7, 11) is 0. The molecule has 1 atom stereocenters. The summed E-state index contributed by atoms with van der Waals surface area (Å²) in [6.07, 6.45) is 3.43. The first-order valence-electron chi connectivity index (χ1n) is 7.93. The fraction of sp³-hybridized carbons (Fsp3) is 0.263. The number of carbonyl (C=O) groups excluding carboxylic acids is 1. The molecule has 0 fully saturated rings. The first-order chi connectivity index (χ1) is 12.1. The summed E-state index contributed by atoms with van der Waals surface area (Å²) in [4.78, 5) is 12.6. The molecule has 1 aromatic rings. The maximum absolute atomic E-state index is 12.6. The summed E-state index contributed by atoms with van der Waals surface area (Å²) < 4.78 is 12.2. The average molecular weight is 401 g/mol. The van der Waals surface area contributed by atoms with Crippen molar-refractivity contribution in [3.05, 3.63) is 63.7 Å². The van der Waals surface area contributed by atoms with Crippen molar-refractivity contribution in [1.29, 1.82) is 5.26 Å². The lowest BCUT2D eigenvalue weighted by atomic mass is 9.77. The smallest absolute Gasteiger partial charge is 0.205 e. The molecule has 0 radical (unpaired) electrons. The van der Waals surface area contributed by atoms with Gasteiger partial charge >= 0.3 is 0 Å². The van der Waals surface area contributed by atoms with Crippen molar-refractivity contribution >= 4 is 21.7 Å². The van der Waals surface area contributed by atoms with E-state index in [0.29, 0.717) is 42.1 Å². The molecule has 0 unspecified atom stereocenters. The van der Waals surface area contributed by atoms with E-state index in [0.717, 1.165) is 10.9 Å². The Morgan fingerprint density at radius 2 is 2.28 bits per heavy atom. The largest absolute Gasteiger partial charge is 0.489 e. The van der Waals surface area contributed by atoms with Gasteiger partial charge < -0.3 is 15.2 Å². The van der Waals surface area contributed by atoms with E-state index in [-0.39, 0.29) is 17.2 Å². The zero-order valence-electron chi connectivity index (χ0n) is 13.5. The Balaban J connectivity index is 2.20. The molecule has 1 aliphatic carbocycles. The SMILES string of the molecule is C=CCOc1ccc(Br)cc1[C@@H]1C(C#N)=C(N)OC2=C1C(=O)CCC2. The van der Waals surface area contributed by atoms with Crippen LogP contribution in [0.1, 0.15) is 30.7 Å². The van der Waals surface area contributed by atoms with Crippen molar-refractivity contribution in [3.8, 4) is 11.8 Å².